The zero-order valence-electron chi connectivity index (χ0n) is 10.7. The first-order valence-corrected chi connectivity index (χ1v) is 6.78. The van der Waals surface area contributed by atoms with Crippen molar-refractivity contribution in [3.63, 3.8) is 0 Å². The number of rotatable bonds is 3. The van der Waals surface area contributed by atoms with E-state index in [1.165, 1.54) is 38.5 Å². The molecule has 0 amide bonds. The number of para-hydroxylation sites is 1. The Morgan fingerprint density at radius 1 is 1.12 bits per heavy atom. The molecule has 0 heterocycles. The van der Waals surface area contributed by atoms with Gasteiger partial charge in [-0.2, -0.15) is 0 Å². The van der Waals surface area contributed by atoms with E-state index >= 15 is 0 Å². The van der Waals surface area contributed by atoms with Crippen molar-refractivity contribution >= 4 is 0 Å². The molecule has 0 spiro atoms. The topological polar surface area (TPSA) is 35.2 Å². The molecule has 1 aromatic carbocycles. The Morgan fingerprint density at radius 3 is 2.41 bits per heavy atom. The lowest BCUT2D eigenvalue weighted by Gasteiger charge is -2.20. The van der Waals surface area contributed by atoms with Crippen LogP contribution in [0.25, 0.3) is 0 Å². The molecule has 0 radical (unpaired) electrons. The van der Waals surface area contributed by atoms with Crippen LogP contribution in [-0.2, 0) is 0 Å². The third kappa shape index (κ3) is 3.47. The Hall–Kier alpha value is -1.02. The van der Waals surface area contributed by atoms with E-state index in [0.717, 1.165) is 11.3 Å². The molecular formula is C15H23NO. The Labute approximate surface area is 104 Å². The Morgan fingerprint density at radius 2 is 1.76 bits per heavy atom. The van der Waals surface area contributed by atoms with Gasteiger partial charge in [-0.05, 0) is 38.7 Å². The minimum Gasteiger partial charge on any atom is -0.490 e. The van der Waals surface area contributed by atoms with Crippen LogP contribution in [0.2, 0.25) is 0 Å². The Kier molecular flexibility index (Phi) is 4.43. The largest absolute Gasteiger partial charge is 0.490 e. The fourth-order valence-corrected chi connectivity index (χ4v) is 2.50. The zero-order valence-corrected chi connectivity index (χ0v) is 10.7. The molecule has 17 heavy (non-hydrogen) atoms. The summed E-state index contributed by atoms with van der Waals surface area (Å²) in [4.78, 5) is 0. The summed E-state index contributed by atoms with van der Waals surface area (Å²) in [6.07, 6.45) is 8.07. The van der Waals surface area contributed by atoms with E-state index in [1.54, 1.807) is 0 Å². The van der Waals surface area contributed by atoms with E-state index in [1.807, 2.05) is 25.1 Å². The predicted molar refractivity (Wildman–Crippen MR) is 71.2 cm³/mol. The monoisotopic (exact) mass is 233 g/mol. The van der Waals surface area contributed by atoms with Gasteiger partial charge >= 0.3 is 0 Å². The molecule has 0 aliphatic heterocycles. The highest BCUT2D eigenvalue weighted by Gasteiger charge is 2.16. The molecule has 1 fully saturated rings. The number of ether oxygens (including phenoxy) is 1. The van der Waals surface area contributed by atoms with Crippen LogP contribution in [0.4, 0.5) is 0 Å². The molecule has 1 aromatic rings. The van der Waals surface area contributed by atoms with Crippen LogP contribution >= 0.6 is 0 Å². The highest BCUT2D eigenvalue weighted by molar-refractivity contribution is 5.35. The maximum absolute atomic E-state index is 6.15. The summed E-state index contributed by atoms with van der Waals surface area (Å²) < 4.78 is 6.15. The van der Waals surface area contributed by atoms with Gasteiger partial charge in [-0.3, -0.25) is 0 Å². The predicted octanol–water partition coefficient (Wildman–Crippen LogP) is 3.81. The van der Waals surface area contributed by atoms with Crippen molar-refractivity contribution < 1.29 is 4.74 Å². The van der Waals surface area contributed by atoms with Gasteiger partial charge in [-0.1, -0.05) is 31.0 Å². The van der Waals surface area contributed by atoms with Gasteiger partial charge in [-0.15, -0.1) is 0 Å². The van der Waals surface area contributed by atoms with Gasteiger partial charge in [0.15, 0.2) is 0 Å². The summed E-state index contributed by atoms with van der Waals surface area (Å²) >= 11 is 0. The van der Waals surface area contributed by atoms with Crippen molar-refractivity contribution in [3.8, 4) is 5.75 Å². The molecular weight excluding hydrogens is 210 g/mol. The van der Waals surface area contributed by atoms with Gasteiger partial charge < -0.3 is 10.5 Å². The van der Waals surface area contributed by atoms with E-state index < -0.39 is 0 Å². The maximum atomic E-state index is 6.15. The second-order valence-electron chi connectivity index (χ2n) is 5.06. The highest BCUT2D eigenvalue weighted by Crippen LogP contribution is 2.28. The first kappa shape index (κ1) is 12.4. The molecule has 1 atom stereocenters. The summed E-state index contributed by atoms with van der Waals surface area (Å²) in [7, 11) is 0. The van der Waals surface area contributed by atoms with Gasteiger partial charge in [0, 0.05) is 11.6 Å². The van der Waals surface area contributed by atoms with Crippen molar-refractivity contribution in [2.75, 3.05) is 0 Å². The van der Waals surface area contributed by atoms with E-state index in [2.05, 4.69) is 6.07 Å². The SMILES string of the molecule is C[C@H](N)c1ccccc1OC1CCCCCC1. The van der Waals surface area contributed by atoms with Crippen LogP contribution in [0, 0.1) is 0 Å². The third-order valence-corrected chi connectivity index (χ3v) is 3.51. The molecule has 0 unspecified atom stereocenters. The van der Waals surface area contributed by atoms with E-state index in [4.69, 9.17) is 10.5 Å². The lowest BCUT2D eigenvalue weighted by molar-refractivity contribution is 0.181. The van der Waals surface area contributed by atoms with Crippen LogP contribution in [0.15, 0.2) is 24.3 Å². The van der Waals surface area contributed by atoms with E-state index in [9.17, 15) is 0 Å². The fourth-order valence-electron chi connectivity index (χ4n) is 2.50. The molecule has 0 aromatic heterocycles. The molecule has 2 heteroatoms. The van der Waals surface area contributed by atoms with Crippen LogP contribution < -0.4 is 10.5 Å². The molecule has 2 rings (SSSR count). The average Bonchev–Trinajstić information content (AvgIpc) is 2.58. The Balaban J connectivity index is 2.06. The lowest BCUT2D eigenvalue weighted by Crippen LogP contribution is -2.17. The van der Waals surface area contributed by atoms with Crippen molar-refractivity contribution in [1.82, 2.24) is 0 Å². The van der Waals surface area contributed by atoms with Crippen molar-refractivity contribution in [3.05, 3.63) is 29.8 Å². The van der Waals surface area contributed by atoms with Gasteiger partial charge in [0.05, 0.1) is 6.10 Å². The summed E-state index contributed by atoms with van der Waals surface area (Å²) in [6.45, 7) is 2.01. The van der Waals surface area contributed by atoms with Gasteiger partial charge in [0.1, 0.15) is 5.75 Å². The normalized spacial score (nSPS) is 19.6. The molecule has 1 aliphatic carbocycles. The number of nitrogens with two attached hydrogens (primary N) is 1. The Bertz CT molecular complexity index is 341. The summed E-state index contributed by atoms with van der Waals surface area (Å²) in [5.41, 5.74) is 7.09. The van der Waals surface area contributed by atoms with E-state index in [0.29, 0.717) is 6.10 Å². The molecule has 0 bridgehead atoms. The first-order chi connectivity index (χ1) is 8.27. The average molecular weight is 233 g/mol. The minimum atomic E-state index is 0.0389. The number of hydrogen-bond donors (Lipinski definition) is 1. The molecule has 2 nitrogen and oxygen atoms in total. The maximum Gasteiger partial charge on any atom is 0.124 e. The minimum absolute atomic E-state index is 0.0389. The molecule has 1 aliphatic rings. The molecule has 94 valence electrons. The van der Waals surface area contributed by atoms with Crippen molar-refractivity contribution in [1.29, 1.82) is 0 Å². The van der Waals surface area contributed by atoms with Crippen LogP contribution in [0.1, 0.15) is 57.1 Å². The van der Waals surface area contributed by atoms with Gasteiger partial charge in [0.2, 0.25) is 0 Å². The third-order valence-electron chi connectivity index (χ3n) is 3.51. The first-order valence-electron chi connectivity index (χ1n) is 6.78. The van der Waals surface area contributed by atoms with Gasteiger partial charge in [-0.25, -0.2) is 0 Å². The smallest absolute Gasteiger partial charge is 0.124 e. The van der Waals surface area contributed by atoms with Crippen LogP contribution in [0.5, 0.6) is 5.75 Å². The zero-order chi connectivity index (χ0) is 12.1. The fraction of sp³-hybridized carbons (Fsp3) is 0.600. The van der Waals surface area contributed by atoms with Crippen molar-refractivity contribution in [2.24, 2.45) is 5.73 Å². The summed E-state index contributed by atoms with van der Waals surface area (Å²) in [5, 5.41) is 0. The van der Waals surface area contributed by atoms with Crippen LogP contribution in [0.3, 0.4) is 0 Å². The summed E-state index contributed by atoms with van der Waals surface area (Å²) in [6, 6.07) is 8.20. The number of benzene rings is 1. The second-order valence-corrected chi connectivity index (χ2v) is 5.06. The molecule has 1 saturated carbocycles. The summed E-state index contributed by atoms with van der Waals surface area (Å²) in [5.74, 6) is 0.981. The molecule has 2 N–H and O–H groups in total. The quantitative estimate of drug-likeness (QED) is 0.806. The van der Waals surface area contributed by atoms with E-state index in [-0.39, 0.29) is 6.04 Å². The standard InChI is InChI=1S/C15H23NO/c1-12(16)14-10-6-7-11-15(14)17-13-8-4-2-3-5-9-13/h6-7,10-13H,2-5,8-9,16H2,1H3/t12-/m0/s1. The highest BCUT2D eigenvalue weighted by atomic mass is 16.5. The van der Waals surface area contributed by atoms with Gasteiger partial charge in [0.25, 0.3) is 0 Å². The second kappa shape index (κ2) is 6.06. The lowest BCUT2D eigenvalue weighted by atomic mass is 10.1. The number of hydrogen-bond acceptors (Lipinski definition) is 2. The van der Waals surface area contributed by atoms with Crippen molar-refractivity contribution in [2.45, 2.75) is 57.6 Å². The van der Waals surface area contributed by atoms with Crippen LogP contribution in [-0.4, -0.2) is 6.10 Å². The molecule has 0 saturated heterocycles.